The maximum Gasteiger partial charge on any atom is 0.175 e. The molecule has 3 rings (SSSR count). The number of hydrogen-bond acceptors (Lipinski definition) is 3. The SMILES string of the molecule is COc1cc2c(c(Br)c1OC)CN(C(Cl)Cc1ccccc1)CC2. The Hall–Kier alpha value is -1.23. The van der Waals surface area contributed by atoms with E-state index in [-0.39, 0.29) is 5.50 Å². The maximum atomic E-state index is 6.70. The van der Waals surface area contributed by atoms with Gasteiger partial charge >= 0.3 is 0 Å². The number of benzene rings is 2. The average Bonchev–Trinajstić information content (AvgIpc) is 2.62. The number of fused-ring (bicyclic) bond motifs is 1. The molecule has 0 aliphatic carbocycles. The molecule has 0 fully saturated rings. The van der Waals surface area contributed by atoms with Gasteiger partial charge in [-0.2, -0.15) is 0 Å². The molecule has 0 radical (unpaired) electrons. The van der Waals surface area contributed by atoms with Crippen molar-refractivity contribution in [3.05, 3.63) is 57.6 Å². The van der Waals surface area contributed by atoms with Gasteiger partial charge in [0.05, 0.1) is 24.2 Å². The van der Waals surface area contributed by atoms with Gasteiger partial charge in [0.25, 0.3) is 0 Å². The van der Waals surface area contributed by atoms with Gasteiger partial charge in [0, 0.05) is 19.5 Å². The van der Waals surface area contributed by atoms with E-state index >= 15 is 0 Å². The van der Waals surface area contributed by atoms with E-state index in [1.807, 2.05) is 6.07 Å². The second-order valence-corrected chi connectivity index (χ2v) is 7.21. The normalized spacial score (nSPS) is 15.7. The van der Waals surface area contributed by atoms with Crippen molar-refractivity contribution in [1.82, 2.24) is 4.90 Å². The Balaban J connectivity index is 1.81. The van der Waals surface area contributed by atoms with Crippen LogP contribution in [-0.4, -0.2) is 31.2 Å². The average molecular weight is 411 g/mol. The quantitative estimate of drug-likeness (QED) is 0.530. The van der Waals surface area contributed by atoms with Crippen molar-refractivity contribution in [3.63, 3.8) is 0 Å². The zero-order valence-corrected chi connectivity index (χ0v) is 16.2. The van der Waals surface area contributed by atoms with Crippen molar-refractivity contribution in [2.75, 3.05) is 20.8 Å². The molecular formula is C19H21BrClNO2. The van der Waals surface area contributed by atoms with Gasteiger partial charge in [-0.3, -0.25) is 4.90 Å². The lowest BCUT2D eigenvalue weighted by molar-refractivity contribution is 0.229. The van der Waals surface area contributed by atoms with Crippen molar-refractivity contribution in [2.24, 2.45) is 0 Å². The van der Waals surface area contributed by atoms with Gasteiger partial charge in [0.15, 0.2) is 11.5 Å². The Morgan fingerprint density at radius 2 is 1.96 bits per heavy atom. The van der Waals surface area contributed by atoms with Crippen LogP contribution in [0, 0.1) is 0 Å². The van der Waals surface area contributed by atoms with E-state index in [9.17, 15) is 0 Å². The van der Waals surface area contributed by atoms with Gasteiger partial charge in [0.1, 0.15) is 0 Å². The molecular weight excluding hydrogens is 390 g/mol. The van der Waals surface area contributed by atoms with Crippen molar-refractivity contribution < 1.29 is 9.47 Å². The molecule has 1 heterocycles. The van der Waals surface area contributed by atoms with Gasteiger partial charge in [-0.25, -0.2) is 0 Å². The molecule has 0 aromatic heterocycles. The van der Waals surface area contributed by atoms with Crippen LogP contribution in [0.25, 0.3) is 0 Å². The van der Waals surface area contributed by atoms with Gasteiger partial charge < -0.3 is 9.47 Å². The lowest BCUT2D eigenvalue weighted by Crippen LogP contribution is -2.37. The van der Waals surface area contributed by atoms with Crippen LogP contribution >= 0.6 is 27.5 Å². The molecule has 1 unspecified atom stereocenters. The zero-order valence-electron chi connectivity index (χ0n) is 13.9. The van der Waals surface area contributed by atoms with E-state index in [2.05, 4.69) is 51.2 Å². The summed E-state index contributed by atoms with van der Waals surface area (Å²) < 4.78 is 11.9. The molecule has 128 valence electrons. The van der Waals surface area contributed by atoms with Gasteiger partial charge in [0.2, 0.25) is 0 Å². The highest BCUT2D eigenvalue weighted by molar-refractivity contribution is 9.10. The van der Waals surface area contributed by atoms with E-state index < -0.39 is 0 Å². The summed E-state index contributed by atoms with van der Waals surface area (Å²) in [5, 5.41) is 0. The molecule has 5 heteroatoms. The topological polar surface area (TPSA) is 21.7 Å². The monoisotopic (exact) mass is 409 g/mol. The lowest BCUT2D eigenvalue weighted by atomic mass is 9.98. The first kappa shape index (κ1) is 17.6. The molecule has 0 saturated carbocycles. The van der Waals surface area contributed by atoms with Crippen LogP contribution in [0.3, 0.4) is 0 Å². The molecule has 1 aliphatic heterocycles. The molecule has 1 atom stereocenters. The maximum absolute atomic E-state index is 6.70. The molecule has 2 aromatic carbocycles. The van der Waals surface area contributed by atoms with Gasteiger partial charge in [-0.1, -0.05) is 30.3 Å². The molecule has 2 aromatic rings. The summed E-state index contributed by atoms with van der Waals surface area (Å²) in [6, 6.07) is 12.5. The molecule has 0 N–H and O–H groups in total. The number of ether oxygens (including phenoxy) is 2. The first-order chi connectivity index (χ1) is 11.6. The number of methoxy groups -OCH3 is 2. The molecule has 24 heavy (non-hydrogen) atoms. The highest BCUT2D eigenvalue weighted by Gasteiger charge is 2.27. The predicted molar refractivity (Wildman–Crippen MR) is 101 cm³/mol. The van der Waals surface area contributed by atoms with Crippen LogP contribution < -0.4 is 9.47 Å². The van der Waals surface area contributed by atoms with Gasteiger partial charge in [-0.15, -0.1) is 11.6 Å². The predicted octanol–water partition coefficient (Wildman–Crippen LogP) is 4.63. The highest BCUT2D eigenvalue weighted by Crippen LogP contribution is 2.42. The standard InChI is InChI=1S/C19H21BrClNO2/c1-23-16-11-14-8-9-22(12-15(14)18(20)19(16)24-2)17(21)10-13-6-4-3-5-7-13/h3-7,11,17H,8-10,12H2,1-2H3. The molecule has 0 amide bonds. The van der Waals surface area contributed by atoms with Crippen LogP contribution in [0.2, 0.25) is 0 Å². The van der Waals surface area contributed by atoms with Gasteiger partial charge in [-0.05, 0) is 45.1 Å². The third-order valence-electron chi connectivity index (χ3n) is 4.48. The Morgan fingerprint density at radius 1 is 1.21 bits per heavy atom. The third-order valence-corrected chi connectivity index (χ3v) is 5.75. The number of alkyl halides is 1. The largest absolute Gasteiger partial charge is 0.493 e. The highest BCUT2D eigenvalue weighted by atomic mass is 79.9. The first-order valence-corrected chi connectivity index (χ1v) is 9.21. The summed E-state index contributed by atoms with van der Waals surface area (Å²) >= 11 is 10.4. The fourth-order valence-corrected chi connectivity index (χ4v) is 4.24. The van der Waals surface area contributed by atoms with E-state index in [0.29, 0.717) is 0 Å². The Kier molecular flexibility index (Phi) is 5.69. The molecule has 3 nitrogen and oxygen atoms in total. The Morgan fingerprint density at radius 3 is 2.62 bits per heavy atom. The molecule has 1 aliphatic rings. The van der Waals surface area contributed by atoms with Crippen LogP contribution in [-0.2, 0) is 19.4 Å². The van der Waals surface area contributed by atoms with E-state index in [0.717, 1.165) is 41.9 Å². The van der Waals surface area contributed by atoms with E-state index in [1.165, 1.54) is 16.7 Å². The fraction of sp³-hybridized carbons (Fsp3) is 0.368. The Bertz CT molecular complexity index is 708. The number of halogens is 2. The number of hydrogen-bond donors (Lipinski definition) is 0. The summed E-state index contributed by atoms with van der Waals surface area (Å²) in [4.78, 5) is 2.31. The zero-order chi connectivity index (χ0) is 17.1. The first-order valence-electron chi connectivity index (χ1n) is 7.98. The van der Waals surface area contributed by atoms with E-state index in [1.54, 1.807) is 14.2 Å². The van der Waals surface area contributed by atoms with Crippen molar-refractivity contribution in [2.45, 2.75) is 24.9 Å². The number of rotatable bonds is 5. The van der Waals surface area contributed by atoms with Crippen LogP contribution in [0.5, 0.6) is 11.5 Å². The Labute approximate surface area is 156 Å². The van der Waals surface area contributed by atoms with Crippen LogP contribution in [0.4, 0.5) is 0 Å². The smallest absolute Gasteiger partial charge is 0.175 e. The number of nitrogens with zero attached hydrogens (tertiary/aromatic N) is 1. The molecule has 0 spiro atoms. The second-order valence-electron chi connectivity index (χ2n) is 5.91. The minimum absolute atomic E-state index is 0.0273. The summed E-state index contributed by atoms with van der Waals surface area (Å²) in [5.74, 6) is 1.51. The molecule has 0 saturated heterocycles. The summed E-state index contributed by atoms with van der Waals surface area (Å²) in [7, 11) is 3.33. The van der Waals surface area contributed by atoms with Crippen LogP contribution in [0.15, 0.2) is 40.9 Å². The third kappa shape index (κ3) is 3.56. The summed E-state index contributed by atoms with van der Waals surface area (Å²) in [6.07, 6.45) is 1.79. The minimum Gasteiger partial charge on any atom is -0.493 e. The van der Waals surface area contributed by atoms with Crippen molar-refractivity contribution in [3.8, 4) is 11.5 Å². The fourth-order valence-electron chi connectivity index (χ4n) is 3.16. The van der Waals surface area contributed by atoms with Crippen molar-refractivity contribution in [1.29, 1.82) is 0 Å². The van der Waals surface area contributed by atoms with E-state index in [4.69, 9.17) is 21.1 Å². The van der Waals surface area contributed by atoms with Crippen LogP contribution in [0.1, 0.15) is 16.7 Å². The summed E-state index contributed by atoms with van der Waals surface area (Å²) in [6.45, 7) is 1.74. The molecule has 0 bridgehead atoms. The minimum atomic E-state index is -0.0273. The second kappa shape index (κ2) is 7.77. The van der Waals surface area contributed by atoms with Crippen molar-refractivity contribution >= 4 is 27.5 Å². The summed E-state index contributed by atoms with van der Waals surface area (Å²) in [5.41, 5.74) is 3.76. The lowest BCUT2D eigenvalue weighted by Gasteiger charge is -2.33.